The van der Waals surface area contributed by atoms with Gasteiger partial charge in [0.1, 0.15) is 5.75 Å². The molecule has 3 nitrogen and oxygen atoms in total. The largest absolute Gasteiger partial charge is 0.496 e. The quantitative estimate of drug-likeness (QED) is 0.766. The Labute approximate surface area is 128 Å². The first kappa shape index (κ1) is 14.9. The molecule has 1 atom stereocenters. The third kappa shape index (κ3) is 3.78. The normalized spacial score (nSPS) is 22.9. The highest BCUT2D eigenvalue weighted by atomic mass is 16.5. The van der Waals surface area contributed by atoms with Crippen LogP contribution < -0.4 is 4.74 Å². The van der Waals surface area contributed by atoms with Gasteiger partial charge in [-0.05, 0) is 51.8 Å². The molecule has 116 valence electrons. The van der Waals surface area contributed by atoms with E-state index in [4.69, 9.17) is 4.74 Å². The van der Waals surface area contributed by atoms with Gasteiger partial charge < -0.3 is 9.64 Å². The van der Waals surface area contributed by atoms with Crippen molar-refractivity contribution in [2.24, 2.45) is 0 Å². The predicted octanol–water partition coefficient (Wildman–Crippen LogP) is 3.14. The second kappa shape index (κ2) is 6.80. The molecule has 0 radical (unpaired) electrons. The van der Waals surface area contributed by atoms with E-state index < -0.39 is 0 Å². The molecule has 1 saturated carbocycles. The lowest BCUT2D eigenvalue weighted by Crippen LogP contribution is -2.33. The number of ether oxygens (including phenoxy) is 1. The predicted molar refractivity (Wildman–Crippen MR) is 86.7 cm³/mol. The van der Waals surface area contributed by atoms with Gasteiger partial charge in [-0.1, -0.05) is 18.2 Å². The SMILES string of the molecule is COc1ccccc1CN(CC[C@H]1CCCN1C)C1CC1. The number of methoxy groups -OCH3 is 1. The minimum absolute atomic E-state index is 0.795. The fraction of sp³-hybridized carbons (Fsp3) is 0.667. The van der Waals surface area contributed by atoms with E-state index in [9.17, 15) is 0 Å². The number of rotatable bonds is 7. The molecule has 1 saturated heterocycles. The molecule has 0 spiro atoms. The monoisotopic (exact) mass is 288 g/mol. The smallest absolute Gasteiger partial charge is 0.123 e. The van der Waals surface area contributed by atoms with Crippen molar-refractivity contribution in [3.05, 3.63) is 29.8 Å². The van der Waals surface area contributed by atoms with Crippen molar-refractivity contribution in [3.8, 4) is 5.75 Å². The Kier molecular flexibility index (Phi) is 4.81. The van der Waals surface area contributed by atoms with Gasteiger partial charge in [0.2, 0.25) is 0 Å². The summed E-state index contributed by atoms with van der Waals surface area (Å²) in [6, 6.07) is 10.1. The van der Waals surface area contributed by atoms with Crippen molar-refractivity contribution in [2.45, 2.75) is 50.7 Å². The number of nitrogens with zero attached hydrogens (tertiary/aromatic N) is 2. The van der Waals surface area contributed by atoms with Gasteiger partial charge in [-0.15, -0.1) is 0 Å². The molecule has 3 heteroatoms. The first-order chi connectivity index (χ1) is 10.3. The van der Waals surface area contributed by atoms with Crippen LogP contribution >= 0.6 is 0 Å². The maximum absolute atomic E-state index is 5.51. The summed E-state index contributed by atoms with van der Waals surface area (Å²) in [6.07, 6.45) is 6.80. The zero-order chi connectivity index (χ0) is 14.7. The van der Waals surface area contributed by atoms with Crippen LogP contribution in [-0.2, 0) is 6.54 Å². The number of likely N-dealkylation sites (tertiary alicyclic amines) is 1. The number of hydrogen-bond donors (Lipinski definition) is 0. The van der Waals surface area contributed by atoms with E-state index in [1.165, 1.54) is 50.8 Å². The molecule has 0 amide bonds. The molecule has 0 aromatic heterocycles. The summed E-state index contributed by atoms with van der Waals surface area (Å²) in [6.45, 7) is 3.53. The molecule has 0 N–H and O–H groups in total. The Morgan fingerprint density at radius 1 is 1.24 bits per heavy atom. The van der Waals surface area contributed by atoms with Crippen LogP contribution in [0.25, 0.3) is 0 Å². The molecule has 3 rings (SSSR count). The van der Waals surface area contributed by atoms with Crippen molar-refractivity contribution in [2.75, 3.05) is 27.2 Å². The fourth-order valence-corrected chi connectivity index (χ4v) is 3.54. The number of hydrogen-bond acceptors (Lipinski definition) is 3. The average molecular weight is 288 g/mol. The van der Waals surface area contributed by atoms with Gasteiger partial charge in [0.05, 0.1) is 7.11 Å². The van der Waals surface area contributed by atoms with Crippen LogP contribution in [0.15, 0.2) is 24.3 Å². The Morgan fingerprint density at radius 2 is 2.05 bits per heavy atom. The maximum Gasteiger partial charge on any atom is 0.123 e. The Balaban J connectivity index is 1.59. The summed E-state index contributed by atoms with van der Waals surface area (Å²) in [5, 5.41) is 0. The second-order valence-corrected chi connectivity index (χ2v) is 6.58. The molecular formula is C18H28N2O. The molecular weight excluding hydrogens is 260 g/mol. The first-order valence-corrected chi connectivity index (χ1v) is 8.34. The fourth-order valence-electron chi connectivity index (χ4n) is 3.54. The molecule has 1 aliphatic heterocycles. The van der Waals surface area contributed by atoms with Gasteiger partial charge in [-0.2, -0.15) is 0 Å². The van der Waals surface area contributed by atoms with Crippen molar-refractivity contribution in [3.63, 3.8) is 0 Å². The van der Waals surface area contributed by atoms with E-state index in [2.05, 4.69) is 41.1 Å². The van der Waals surface area contributed by atoms with E-state index in [0.717, 1.165) is 24.4 Å². The maximum atomic E-state index is 5.51. The van der Waals surface area contributed by atoms with Crippen molar-refractivity contribution in [1.29, 1.82) is 0 Å². The minimum atomic E-state index is 0.795. The van der Waals surface area contributed by atoms with Crippen molar-refractivity contribution < 1.29 is 4.74 Å². The average Bonchev–Trinajstić information content (AvgIpc) is 3.27. The number of benzene rings is 1. The Hall–Kier alpha value is -1.06. The first-order valence-electron chi connectivity index (χ1n) is 8.34. The van der Waals surface area contributed by atoms with Gasteiger partial charge >= 0.3 is 0 Å². The summed E-state index contributed by atoms with van der Waals surface area (Å²) >= 11 is 0. The van der Waals surface area contributed by atoms with Gasteiger partial charge in [0.15, 0.2) is 0 Å². The molecule has 2 fully saturated rings. The van der Waals surface area contributed by atoms with Crippen molar-refractivity contribution >= 4 is 0 Å². The minimum Gasteiger partial charge on any atom is -0.496 e. The molecule has 0 unspecified atom stereocenters. The third-order valence-electron chi connectivity index (χ3n) is 5.05. The van der Waals surface area contributed by atoms with Crippen LogP contribution in [0.5, 0.6) is 5.75 Å². The zero-order valence-electron chi connectivity index (χ0n) is 13.4. The lowest BCUT2D eigenvalue weighted by molar-refractivity contribution is 0.208. The lowest BCUT2D eigenvalue weighted by atomic mass is 10.1. The van der Waals surface area contributed by atoms with Gasteiger partial charge in [-0.25, -0.2) is 0 Å². The molecule has 0 bridgehead atoms. The van der Waals surface area contributed by atoms with Crippen molar-refractivity contribution in [1.82, 2.24) is 9.80 Å². The van der Waals surface area contributed by atoms with Gasteiger partial charge in [0.25, 0.3) is 0 Å². The molecule has 1 aromatic carbocycles. The highest BCUT2D eigenvalue weighted by molar-refractivity contribution is 5.33. The van der Waals surface area contributed by atoms with Crippen LogP contribution in [-0.4, -0.2) is 49.1 Å². The van der Waals surface area contributed by atoms with E-state index in [1.54, 1.807) is 7.11 Å². The van der Waals surface area contributed by atoms with E-state index in [0.29, 0.717) is 0 Å². The number of para-hydroxylation sites is 1. The summed E-state index contributed by atoms with van der Waals surface area (Å²) in [7, 11) is 4.05. The van der Waals surface area contributed by atoms with E-state index in [-0.39, 0.29) is 0 Å². The van der Waals surface area contributed by atoms with Crippen LogP contribution in [0.4, 0.5) is 0 Å². The molecule has 1 heterocycles. The van der Waals surface area contributed by atoms with Crippen LogP contribution in [0.2, 0.25) is 0 Å². The lowest BCUT2D eigenvalue weighted by Gasteiger charge is -2.26. The van der Waals surface area contributed by atoms with Crippen LogP contribution in [0.3, 0.4) is 0 Å². The molecule has 2 aliphatic rings. The van der Waals surface area contributed by atoms with Gasteiger partial charge in [0, 0.05) is 30.7 Å². The summed E-state index contributed by atoms with van der Waals surface area (Å²) in [4.78, 5) is 5.21. The van der Waals surface area contributed by atoms with Gasteiger partial charge in [-0.3, -0.25) is 4.90 Å². The Bertz CT molecular complexity index is 458. The standard InChI is InChI=1S/C18H28N2O/c1-19-12-5-7-16(19)11-13-20(17-9-10-17)14-15-6-3-4-8-18(15)21-2/h3-4,6,8,16-17H,5,7,9-14H2,1-2H3/t16-/m1/s1. The topological polar surface area (TPSA) is 15.7 Å². The van der Waals surface area contributed by atoms with Crippen LogP contribution in [0.1, 0.15) is 37.7 Å². The third-order valence-corrected chi connectivity index (χ3v) is 5.05. The molecule has 21 heavy (non-hydrogen) atoms. The Morgan fingerprint density at radius 3 is 2.71 bits per heavy atom. The second-order valence-electron chi connectivity index (χ2n) is 6.58. The summed E-state index contributed by atoms with van der Waals surface area (Å²) in [5.41, 5.74) is 1.33. The summed E-state index contributed by atoms with van der Waals surface area (Å²) < 4.78 is 5.51. The highest BCUT2D eigenvalue weighted by Gasteiger charge is 2.30. The van der Waals surface area contributed by atoms with E-state index >= 15 is 0 Å². The highest BCUT2D eigenvalue weighted by Crippen LogP contribution is 2.31. The molecule has 1 aromatic rings. The van der Waals surface area contributed by atoms with E-state index in [1.807, 2.05) is 0 Å². The summed E-state index contributed by atoms with van der Waals surface area (Å²) in [5.74, 6) is 1.03. The molecule has 1 aliphatic carbocycles. The van der Waals surface area contributed by atoms with Crippen LogP contribution in [0, 0.1) is 0 Å². The zero-order valence-corrected chi connectivity index (χ0v) is 13.4.